The zero-order valence-corrected chi connectivity index (χ0v) is 17.0. The number of carbonyl (C=O) groups excluding carboxylic acids is 1. The third-order valence-corrected chi connectivity index (χ3v) is 5.21. The van der Waals surface area contributed by atoms with E-state index in [2.05, 4.69) is 26.5 Å². The first-order valence-corrected chi connectivity index (χ1v) is 9.68. The van der Waals surface area contributed by atoms with Crippen LogP contribution >= 0.6 is 27.5 Å². The quantitative estimate of drug-likeness (QED) is 0.399. The van der Waals surface area contributed by atoms with Gasteiger partial charge in [-0.25, -0.2) is 5.43 Å². The van der Waals surface area contributed by atoms with Crippen molar-refractivity contribution in [2.24, 2.45) is 5.10 Å². The molecular formula is C21H18BrClN2O2. The van der Waals surface area contributed by atoms with E-state index >= 15 is 0 Å². The minimum atomic E-state index is -0.661. The lowest BCUT2D eigenvalue weighted by molar-refractivity contribution is -0.128. The van der Waals surface area contributed by atoms with Gasteiger partial charge in [0.2, 0.25) is 0 Å². The van der Waals surface area contributed by atoms with Gasteiger partial charge in [-0.3, -0.25) is 4.79 Å². The van der Waals surface area contributed by atoms with E-state index in [9.17, 15) is 4.79 Å². The van der Waals surface area contributed by atoms with Gasteiger partial charge in [-0.1, -0.05) is 67.1 Å². The van der Waals surface area contributed by atoms with Gasteiger partial charge in [0.1, 0.15) is 5.75 Å². The number of fused-ring (bicyclic) bond motifs is 1. The van der Waals surface area contributed by atoms with Crippen LogP contribution < -0.4 is 10.2 Å². The van der Waals surface area contributed by atoms with Crippen molar-refractivity contribution in [1.29, 1.82) is 0 Å². The molecule has 1 N–H and O–H groups in total. The van der Waals surface area contributed by atoms with Crippen molar-refractivity contribution in [3.63, 3.8) is 0 Å². The highest BCUT2D eigenvalue weighted by Gasteiger charge is 2.19. The molecule has 4 nitrogen and oxygen atoms in total. The van der Waals surface area contributed by atoms with Gasteiger partial charge in [-0.05, 0) is 45.3 Å². The summed E-state index contributed by atoms with van der Waals surface area (Å²) in [7, 11) is 0. The SMILES string of the molecule is CCC(Oc1ccc2ccccc2c1Br)C(=O)NN=Cc1ccccc1Cl. The van der Waals surface area contributed by atoms with Crippen LogP contribution in [0, 0.1) is 0 Å². The normalized spacial score (nSPS) is 12.3. The second-order valence-corrected chi connectivity index (χ2v) is 7.07. The Balaban J connectivity index is 1.71. The molecule has 0 aliphatic heterocycles. The molecule has 138 valence electrons. The molecule has 0 heterocycles. The van der Waals surface area contributed by atoms with E-state index in [1.807, 2.05) is 61.5 Å². The molecule has 1 amide bonds. The van der Waals surface area contributed by atoms with Crippen molar-refractivity contribution in [2.75, 3.05) is 0 Å². The van der Waals surface area contributed by atoms with Crippen LogP contribution in [0.1, 0.15) is 18.9 Å². The molecule has 3 rings (SSSR count). The molecule has 0 radical (unpaired) electrons. The zero-order valence-electron chi connectivity index (χ0n) is 14.7. The molecule has 1 unspecified atom stereocenters. The Morgan fingerprint density at radius 2 is 1.93 bits per heavy atom. The van der Waals surface area contributed by atoms with Crippen LogP contribution in [-0.4, -0.2) is 18.2 Å². The summed E-state index contributed by atoms with van der Waals surface area (Å²) in [6.07, 6.45) is 1.36. The smallest absolute Gasteiger partial charge is 0.281 e. The van der Waals surface area contributed by atoms with E-state index in [4.69, 9.17) is 16.3 Å². The number of ether oxygens (including phenoxy) is 1. The number of benzene rings is 3. The van der Waals surface area contributed by atoms with Gasteiger partial charge in [0.15, 0.2) is 6.10 Å². The summed E-state index contributed by atoms with van der Waals surface area (Å²) in [5, 5.41) is 6.68. The first-order chi connectivity index (χ1) is 13.1. The van der Waals surface area contributed by atoms with E-state index in [0.29, 0.717) is 17.2 Å². The summed E-state index contributed by atoms with van der Waals surface area (Å²) >= 11 is 9.65. The lowest BCUT2D eigenvalue weighted by Crippen LogP contribution is -2.35. The summed E-state index contributed by atoms with van der Waals surface area (Å²) in [6, 6.07) is 19.1. The maximum Gasteiger partial charge on any atom is 0.281 e. The standard InChI is InChI=1S/C21H18BrClN2O2/c1-2-18(21(26)25-24-13-15-8-4-6-10-17(15)23)27-19-12-11-14-7-3-5-9-16(14)20(19)22/h3-13,18H,2H2,1H3,(H,25,26). The minimum Gasteiger partial charge on any atom is -0.479 e. The topological polar surface area (TPSA) is 50.7 Å². The minimum absolute atomic E-state index is 0.319. The molecule has 0 fully saturated rings. The van der Waals surface area contributed by atoms with Crippen LogP contribution in [0.25, 0.3) is 10.8 Å². The van der Waals surface area contributed by atoms with Gasteiger partial charge in [-0.2, -0.15) is 5.10 Å². The molecule has 0 spiro atoms. The second kappa shape index (κ2) is 9.02. The Labute approximate surface area is 171 Å². The fourth-order valence-electron chi connectivity index (χ4n) is 2.60. The molecular weight excluding hydrogens is 428 g/mol. The molecule has 27 heavy (non-hydrogen) atoms. The number of hydrogen-bond donors (Lipinski definition) is 1. The molecule has 1 atom stereocenters. The van der Waals surface area contributed by atoms with Crippen molar-refractivity contribution < 1.29 is 9.53 Å². The number of nitrogens with zero attached hydrogens (tertiary/aromatic N) is 1. The van der Waals surface area contributed by atoms with Crippen molar-refractivity contribution in [3.8, 4) is 5.75 Å². The Kier molecular flexibility index (Phi) is 6.48. The summed E-state index contributed by atoms with van der Waals surface area (Å²) < 4.78 is 6.76. The summed E-state index contributed by atoms with van der Waals surface area (Å²) in [5.74, 6) is 0.298. The van der Waals surface area contributed by atoms with Gasteiger partial charge in [0.25, 0.3) is 5.91 Å². The van der Waals surface area contributed by atoms with Gasteiger partial charge in [0.05, 0.1) is 10.7 Å². The van der Waals surface area contributed by atoms with Crippen LogP contribution in [0.5, 0.6) is 5.75 Å². The predicted octanol–water partition coefficient (Wildman–Crippen LogP) is 5.56. The number of carbonyl (C=O) groups is 1. The lowest BCUT2D eigenvalue weighted by Gasteiger charge is -2.17. The predicted molar refractivity (Wildman–Crippen MR) is 114 cm³/mol. The summed E-state index contributed by atoms with van der Waals surface area (Å²) in [5.41, 5.74) is 3.25. The monoisotopic (exact) mass is 444 g/mol. The van der Waals surface area contributed by atoms with Crippen LogP contribution in [0.4, 0.5) is 0 Å². The first-order valence-electron chi connectivity index (χ1n) is 8.51. The summed E-state index contributed by atoms with van der Waals surface area (Å²) in [6.45, 7) is 1.89. The number of rotatable bonds is 6. The fraction of sp³-hybridized carbons (Fsp3) is 0.143. The number of hydrazone groups is 1. The van der Waals surface area contributed by atoms with Crippen molar-refractivity contribution >= 4 is 50.4 Å². The Morgan fingerprint density at radius 3 is 2.70 bits per heavy atom. The molecule has 0 aliphatic carbocycles. The average molecular weight is 446 g/mol. The maximum atomic E-state index is 12.4. The maximum absolute atomic E-state index is 12.4. The first kappa shape index (κ1) is 19.4. The fourth-order valence-corrected chi connectivity index (χ4v) is 3.37. The Morgan fingerprint density at radius 1 is 1.19 bits per heavy atom. The number of amides is 1. The molecule has 0 saturated carbocycles. The molecule has 0 aromatic heterocycles. The van der Waals surface area contributed by atoms with Crippen molar-refractivity contribution in [1.82, 2.24) is 5.43 Å². The lowest BCUT2D eigenvalue weighted by atomic mass is 10.1. The highest BCUT2D eigenvalue weighted by Crippen LogP contribution is 2.33. The highest BCUT2D eigenvalue weighted by molar-refractivity contribution is 9.10. The van der Waals surface area contributed by atoms with Gasteiger partial charge < -0.3 is 4.74 Å². The van der Waals surface area contributed by atoms with Crippen LogP contribution in [0.3, 0.4) is 0 Å². The van der Waals surface area contributed by atoms with Crippen molar-refractivity contribution in [2.45, 2.75) is 19.4 Å². The van der Waals surface area contributed by atoms with Crippen molar-refractivity contribution in [3.05, 3.63) is 75.7 Å². The number of hydrogen-bond acceptors (Lipinski definition) is 3. The van der Waals surface area contributed by atoms with E-state index in [1.165, 1.54) is 6.21 Å². The van der Waals surface area contributed by atoms with E-state index < -0.39 is 6.10 Å². The van der Waals surface area contributed by atoms with Crippen LogP contribution in [0.2, 0.25) is 5.02 Å². The number of nitrogens with one attached hydrogen (secondary N) is 1. The third kappa shape index (κ3) is 4.67. The largest absolute Gasteiger partial charge is 0.479 e. The molecule has 0 saturated heterocycles. The van der Waals surface area contributed by atoms with Crippen LogP contribution in [0.15, 0.2) is 70.2 Å². The van der Waals surface area contributed by atoms with E-state index in [-0.39, 0.29) is 5.91 Å². The van der Waals surface area contributed by atoms with E-state index in [0.717, 1.165) is 20.8 Å². The molecule has 0 aliphatic rings. The second-order valence-electron chi connectivity index (χ2n) is 5.87. The Bertz CT molecular complexity index is 991. The van der Waals surface area contributed by atoms with Gasteiger partial charge in [-0.15, -0.1) is 0 Å². The average Bonchev–Trinajstić information content (AvgIpc) is 2.69. The molecule has 3 aromatic carbocycles. The van der Waals surface area contributed by atoms with E-state index in [1.54, 1.807) is 6.07 Å². The molecule has 3 aromatic rings. The third-order valence-electron chi connectivity index (χ3n) is 4.04. The Hall–Kier alpha value is -2.37. The molecule has 0 bridgehead atoms. The number of halogens is 2. The van der Waals surface area contributed by atoms with Gasteiger partial charge >= 0.3 is 0 Å². The van der Waals surface area contributed by atoms with Crippen LogP contribution in [-0.2, 0) is 4.79 Å². The zero-order chi connectivity index (χ0) is 19.2. The highest BCUT2D eigenvalue weighted by atomic mass is 79.9. The van der Waals surface area contributed by atoms with Gasteiger partial charge in [0, 0.05) is 10.6 Å². The molecule has 6 heteroatoms. The summed E-state index contributed by atoms with van der Waals surface area (Å²) in [4.78, 5) is 12.4.